The summed E-state index contributed by atoms with van der Waals surface area (Å²) in [5.74, 6) is 0. The van der Waals surface area contributed by atoms with E-state index < -0.39 is 0 Å². The predicted octanol–water partition coefficient (Wildman–Crippen LogP) is 3.86. The van der Waals surface area contributed by atoms with Gasteiger partial charge < -0.3 is 15.5 Å². The predicted molar refractivity (Wildman–Crippen MR) is 98.5 cm³/mol. The van der Waals surface area contributed by atoms with Gasteiger partial charge in [0.1, 0.15) is 5.01 Å². The van der Waals surface area contributed by atoms with Gasteiger partial charge in [-0.1, -0.05) is 12.1 Å². The first-order valence-electron chi connectivity index (χ1n) is 8.45. The zero-order valence-electron chi connectivity index (χ0n) is 14.2. The highest BCUT2D eigenvalue weighted by atomic mass is 32.1. The van der Waals surface area contributed by atoms with Gasteiger partial charge in [-0.2, -0.15) is 0 Å². The van der Waals surface area contributed by atoms with Crippen LogP contribution in [0.2, 0.25) is 0 Å². The van der Waals surface area contributed by atoms with Gasteiger partial charge in [0.2, 0.25) is 0 Å². The molecule has 1 saturated heterocycles. The molecule has 1 aliphatic rings. The van der Waals surface area contributed by atoms with Crippen LogP contribution in [0.5, 0.6) is 0 Å². The number of anilines is 1. The highest BCUT2D eigenvalue weighted by molar-refractivity contribution is 7.09. The summed E-state index contributed by atoms with van der Waals surface area (Å²) in [6.45, 7) is 6.20. The molecule has 128 valence electrons. The monoisotopic (exact) mass is 344 g/mol. The molecular formula is C18H24N4OS. The molecule has 0 aliphatic carbocycles. The summed E-state index contributed by atoms with van der Waals surface area (Å²) >= 11 is 1.55. The number of urea groups is 1. The lowest BCUT2D eigenvalue weighted by Crippen LogP contribution is -2.38. The maximum Gasteiger partial charge on any atom is 0.315 e. The second-order valence-corrected chi connectivity index (χ2v) is 7.15. The van der Waals surface area contributed by atoms with Gasteiger partial charge in [0, 0.05) is 30.4 Å². The van der Waals surface area contributed by atoms with Crippen molar-refractivity contribution in [2.45, 2.75) is 38.8 Å². The molecule has 1 aromatic heterocycles. The van der Waals surface area contributed by atoms with E-state index in [1.807, 2.05) is 19.2 Å². The number of benzene rings is 1. The van der Waals surface area contributed by atoms with Gasteiger partial charge in [-0.3, -0.25) is 0 Å². The third-order valence-electron chi connectivity index (χ3n) is 4.36. The van der Waals surface area contributed by atoms with Gasteiger partial charge in [-0.05, 0) is 44.4 Å². The standard InChI is InChI=1S/C18H24N4OS/c1-13(20-18(23)21-14(2)17-19-8-11-24-17)15-6-5-7-16(12-15)22-9-3-4-10-22/h5-8,11-14H,3-4,9-10H2,1-2H3,(H2,20,21,23)/t13-,14+/m0/s1. The maximum absolute atomic E-state index is 12.2. The van der Waals surface area contributed by atoms with Crippen LogP contribution in [0.25, 0.3) is 0 Å². The molecule has 0 bridgehead atoms. The molecule has 3 rings (SSSR count). The molecule has 0 radical (unpaired) electrons. The van der Waals surface area contributed by atoms with Crippen molar-refractivity contribution >= 4 is 23.1 Å². The summed E-state index contributed by atoms with van der Waals surface area (Å²) in [7, 11) is 0. The highest BCUT2D eigenvalue weighted by Crippen LogP contribution is 2.24. The fourth-order valence-electron chi connectivity index (χ4n) is 2.99. The number of hydrogen-bond donors (Lipinski definition) is 2. The molecule has 1 aromatic carbocycles. The van der Waals surface area contributed by atoms with Crippen molar-refractivity contribution < 1.29 is 4.79 Å². The molecule has 0 saturated carbocycles. The van der Waals surface area contributed by atoms with Crippen LogP contribution in [0.4, 0.5) is 10.5 Å². The van der Waals surface area contributed by atoms with Crippen molar-refractivity contribution in [1.82, 2.24) is 15.6 Å². The van der Waals surface area contributed by atoms with Crippen molar-refractivity contribution in [2.75, 3.05) is 18.0 Å². The van der Waals surface area contributed by atoms with E-state index in [2.05, 4.69) is 44.8 Å². The normalized spacial score (nSPS) is 16.7. The van der Waals surface area contributed by atoms with E-state index in [1.54, 1.807) is 17.5 Å². The number of hydrogen-bond acceptors (Lipinski definition) is 4. The first-order valence-corrected chi connectivity index (χ1v) is 9.33. The first kappa shape index (κ1) is 16.8. The lowest BCUT2D eigenvalue weighted by atomic mass is 10.1. The molecule has 6 heteroatoms. The van der Waals surface area contributed by atoms with E-state index in [0.717, 1.165) is 23.7 Å². The molecule has 1 aliphatic heterocycles. The molecule has 1 fully saturated rings. The van der Waals surface area contributed by atoms with E-state index in [4.69, 9.17) is 0 Å². The number of carbonyl (C=O) groups excluding carboxylic acids is 1. The third kappa shape index (κ3) is 4.06. The second kappa shape index (κ2) is 7.66. The Balaban J connectivity index is 1.58. The minimum absolute atomic E-state index is 0.0453. The lowest BCUT2D eigenvalue weighted by Gasteiger charge is -2.21. The Hall–Kier alpha value is -2.08. The minimum Gasteiger partial charge on any atom is -0.372 e. The summed E-state index contributed by atoms with van der Waals surface area (Å²) in [6.07, 6.45) is 4.27. The summed E-state index contributed by atoms with van der Waals surface area (Å²) in [6, 6.07) is 8.15. The molecule has 2 atom stereocenters. The minimum atomic E-state index is -0.170. The van der Waals surface area contributed by atoms with Gasteiger partial charge in [-0.25, -0.2) is 9.78 Å². The molecule has 2 N–H and O–H groups in total. The number of aromatic nitrogens is 1. The summed E-state index contributed by atoms with van der Waals surface area (Å²) in [5, 5.41) is 8.78. The average Bonchev–Trinajstić information content (AvgIpc) is 3.28. The Morgan fingerprint density at radius 3 is 2.67 bits per heavy atom. The van der Waals surface area contributed by atoms with Crippen LogP contribution in [0.1, 0.15) is 49.3 Å². The number of nitrogens with one attached hydrogen (secondary N) is 2. The molecule has 2 amide bonds. The van der Waals surface area contributed by atoms with Gasteiger partial charge in [0.15, 0.2) is 0 Å². The van der Waals surface area contributed by atoms with Crippen LogP contribution in [0, 0.1) is 0 Å². The third-order valence-corrected chi connectivity index (χ3v) is 5.32. The zero-order chi connectivity index (χ0) is 16.9. The van der Waals surface area contributed by atoms with Crippen molar-refractivity contribution in [2.24, 2.45) is 0 Å². The number of rotatable bonds is 5. The van der Waals surface area contributed by atoms with E-state index in [0.29, 0.717) is 0 Å². The summed E-state index contributed by atoms with van der Waals surface area (Å²) < 4.78 is 0. The Morgan fingerprint density at radius 2 is 1.96 bits per heavy atom. The molecule has 0 unspecified atom stereocenters. The van der Waals surface area contributed by atoms with Crippen molar-refractivity contribution in [3.05, 3.63) is 46.4 Å². The fourth-order valence-corrected chi connectivity index (χ4v) is 3.64. The Kier molecular flexibility index (Phi) is 5.35. The Morgan fingerprint density at radius 1 is 1.21 bits per heavy atom. The largest absolute Gasteiger partial charge is 0.372 e. The van der Waals surface area contributed by atoms with Crippen LogP contribution in [0.3, 0.4) is 0 Å². The van der Waals surface area contributed by atoms with E-state index in [1.165, 1.54) is 18.5 Å². The van der Waals surface area contributed by atoms with E-state index >= 15 is 0 Å². The van der Waals surface area contributed by atoms with Gasteiger partial charge >= 0.3 is 6.03 Å². The Labute approximate surface area is 147 Å². The maximum atomic E-state index is 12.2. The molecule has 24 heavy (non-hydrogen) atoms. The number of carbonyl (C=O) groups is 1. The molecule has 2 aromatic rings. The molecule has 2 heterocycles. The Bertz CT molecular complexity index is 667. The second-order valence-electron chi connectivity index (χ2n) is 6.22. The SMILES string of the molecule is C[C@H](NC(=O)N[C@H](C)c1nccs1)c1cccc(N2CCCC2)c1. The molecular weight excluding hydrogens is 320 g/mol. The quantitative estimate of drug-likeness (QED) is 0.866. The van der Waals surface area contributed by atoms with Gasteiger partial charge in [0.05, 0.1) is 12.1 Å². The lowest BCUT2D eigenvalue weighted by molar-refractivity contribution is 0.235. The topological polar surface area (TPSA) is 57.3 Å². The van der Waals surface area contributed by atoms with E-state index in [9.17, 15) is 4.79 Å². The van der Waals surface area contributed by atoms with Crippen LogP contribution in [0.15, 0.2) is 35.8 Å². The highest BCUT2D eigenvalue weighted by Gasteiger charge is 2.16. The number of nitrogens with zero attached hydrogens (tertiary/aromatic N) is 2. The first-order chi connectivity index (χ1) is 11.6. The smallest absolute Gasteiger partial charge is 0.315 e. The fraction of sp³-hybridized carbons (Fsp3) is 0.444. The van der Waals surface area contributed by atoms with Gasteiger partial charge in [-0.15, -0.1) is 11.3 Å². The number of amides is 2. The van der Waals surface area contributed by atoms with Crippen LogP contribution < -0.4 is 15.5 Å². The summed E-state index contributed by atoms with van der Waals surface area (Å²) in [5.41, 5.74) is 2.37. The molecule has 0 spiro atoms. The van der Waals surface area contributed by atoms with Crippen LogP contribution in [-0.2, 0) is 0 Å². The van der Waals surface area contributed by atoms with E-state index in [-0.39, 0.29) is 18.1 Å². The number of thiazole rings is 1. The van der Waals surface area contributed by atoms with Crippen LogP contribution in [-0.4, -0.2) is 24.1 Å². The summed E-state index contributed by atoms with van der Waals surface area (Å²) in [4.78, 5) is 18.9. The van der Waals surface area contributed by atoms with Gasteiger partial charge in [0.25, 0.3) is 0 Å². The van der Waals surface area contributed by atoms with Crippen molar-refractivity contribution in [1.29, 1.82) is 0 Å². The van der Waals surface area contributed by atoms with Crippen LogP contribution >= 0.6 is 11.3 Å². The van der Waals surface area contributed by atoms with Crippen molar-refractivity contribution in [3.8, 4) is 0 Å². The zero-order valence-corrected chi connectivity index (χ0v) is 15.0. The average molecular weight is 344 g/mol. The molecule has 5 nitrogen and oxygen atoms in total. The van der Waals surface area contributed by atoms with Crippen molar-refractivity contribution in [3.63, 3.8) is 0 Å².